The number of hydrogen-bond donors (Lipinski definition) is 1. The van der Waals surface area contributed by atoms with Crippen molar-refractivity contribution in [3.8, 4) is 0 Å². The number of nitrogens with zero attached hydrogens (tertiary/aromatic N) is 2. The molecular weight excluding hydrogens is 357 g/mol. The van der Waals surface area contributed by atoms with Gasteiger partial charge in [0.1, 0.15) is 11.5 Å². The van der Waals surface area contributed by atoms with Gasteiger partial charge in [0.2, 0.25) is 5.91 Å². The Morgan fingerprint density at radius 1 is 1.35 bits per heavy atom. The second-order valence-corrected chi connectivity index (χ2v) is 6.32. The summed E-state index contributed by atoms with van der Waals surface area (Å²) >= 11 is 6.10. The molecule has 0 aliphatic rings. The molecule has 5 nitrogen and oxygen atoms in total. The van der Waals surface area contributed by atoms with E-state index in [4.69, 9.17) is 16.3 Å². The SMILES string of the molecule is COCCNC(=O)CC(c1ccccc1F)c1cnc2ccc(Cl)cn12. The Morgan fingerprint density at radius 2 is 2.15 bits per heavy atom. The van der Waals surface area contributed by atoms with E-state index in [1.54, 1.807) is 54.2 Å². The van der Waals surface area contributed by atoms with Gasteiger partial charge < -0.3 is 14.5 Å². The Balaban J connectivity index is 1.98. The molecule has 0 aliphatic carbocycles. The monoisotopic (exact) mass is 375 g/mol. The van der Waals surface area contributed by atoms with Gasteiger partial charge in [0.25, 0.3) is 0 Å². The summed E-state index contributed by atoms with van der Waals surface area (Å²) in [5.41, 5.74) is 1.83. The molecule has 3 rings (SSSR count). The van der Waals surface area contributed by atoms with Crippen LogP contribution in [0, 0.1) is 5.82 Å². The summed E-state index contributed by atoms with van der Waals surface area (Å²) in [6, 6.07) is 9.98. The number of benzene rings is 1. The molecule has 3 aromatic rings. The van der Waals surface area contributed by atoms with Crippen molar-refractivity contribution in [3.63, 3.8) is 0 Å². The lowest BCUT2D eigenvalue weighted by Gasteiger charge is -2.18. The van der Waals surface area contributed by atoms with Crippen molar-refractivity contribution in [1.29, 1.82) is 0 Å². The molecule has 0 saturated carbocycles. The first kappa shape index (κ1) is 18.4. The number of carbonyl (C=O) groups is 1. The van der Waals surface area contributed by atoms with Crippen LogP contribution in [0.4, 0.5) is 4.39 Å². The molecule has 0 saturated heterocycles. The Bertz CT molecular complexity index is 913. The summed E-state index contributed by atoms with van der Waals surface area (Å²) in [6.07, 6.45) is 3.46. The highest BCUT2D eigenvalue weighted by Crippen LogP contribution is 2.31. The zero-order chi connectivity index (χ0) is 18.5. The molecule has 0 fully saturated rings. The van der Waals surface area contributed by atoms with Gasteiger partial charge in [0.15, 0.2) is 0 Å². The normalized spacial score (nSPS) is 12.3. The minimum absolute atomic E-state index is 0.0882. The Kier molecular flexibility index (Phi) is 5.85. The Morgan fingerprint density at radius 3 is 2.92 bits per heavy atom. The third-order valence-corrected chi connectivity index (χ3v) is 4.38. The molecular formula is C19H19ClFN3O2. The Labute approximate surface area is 155 Å². The first-order valence-electron chi connectivity index (χ1n) is 8.22. The summed E-state index contributed by atoms with van der Waals surface area (Å²) in [4.78, 5) is 16.7. The third kappa shape index (κ3) is 4.03. The molecule has 1 N–H and O–H groups in total. The third-order valence-electron chi connectivity index (χ3n) is 4.15. The number of carbonyl (C=O) groups excluding carboxylic acids is 1. The van der Waals surface area contributed by atoms with Crippen molar-refractivity contribution in [1.82, 2.24) is 14.7 Å². The maximum atomic E-state index is 14.5. The molecule has 7 heteroatoms. The van der Waals surface area contributed by atoms with Crippen molar-refractivity contribution < 1.29 is 13.9 Å². The van der Waals surface area contributed by atoms with E-state index >= 15 is 0 Å². The van der Waals surface area contributed by atoms with Gasteiger partial charge >= 0.3 is 0 Å². The fraction of sp³-hybridized carbons (Fsp3) is 0.263. The van der Waals surface area contributed by atoms with Gasteiger partial charge in [-0.15, -0.1) is 0 Å². The largest absolute Gasteiger partial charge is 0.383 e. The summed E-state index contributed by atoms with van der Waals surface area (Å²) in [5, 5.41) is 3.32. The van der Waals surface area contributed by atoms with Crippen LogP contribution in [0.15, 0.2) is 48.8 Å². The average molecular weight is 376 g/mol. The smallest absolute Gasteiger partial charge is 0.221 e. The summed E-state index contributed by atoms with van der Waals surface area (Å²) < 4.78 is 21.2. The molecule has 0 radical (unpaired) electrons. The molecule has 2 aromatic heterocycles. The molecule has 1 aromatic carbocycles. The van der Waals surface area contributed by atoms with Crippen LogP contribution in [-0.4, -0.2) is 35.6 Å². The number of imidazole rings is 1. The minimum Gasteiger partial charge on any atom is -0.383 e. The van der Waals surface area contributed by atoms with Gasteiger partial charge in [-0.3, -0.25) is 4.79 Å². The van der Waals surface area contributed by atoms with Crippen LogP contribution in [-0.2, 0) is 9.53 Å². The van der Waals surface area contributed by atoms with Crippen LogP contribution >= 0.6 is 11.6 Å². The molecule has 0 aliphatic heterocycles. The lowest BCUT2D eigenvalue weighted by atomic mass is 9.92. The Hall–Kier alpha value is -2.44. The van der Waals surface area contributed by atoms with E-state index in [2.05, 4.69) is 10.3 Å². The molecule has 1 unspecified atom stereocenters. The number of methoxy groups -OCH3 is 1. The minimum atomic E-state index is -0.493. The van der Waals surface area contributed by atoms with Crippen molar-refractivity contribution >= 4 is 23.2 Å². The van der Waals surface area contributed by atoms with Crippen LogP contribution in [0.3, 0.4) is 0 Å². The van der Waals surface area contributed by atoms with Crippen LogP contribution in [0.2, 0.25) is 5.02 Å². The number of ether oxygens (including phenoxy) is 1. The van der Waals surface area contributed by atoms with Crippen molar-refractivity contribution in [2.45, 2.75) is 12.3 Å². The van der Waals surface area contributed by atoms with Gasteiger partial charge in [0, 0.05) is 38.4 Å². The highest BCUT2D eigenvalue weighted by atomic mass is 35.5. The van der Waals surface area contributed by atoms with Crippen LogP contribution in [0.1, 0.15) is 23.6 Å². The van der Waals surface area contributed by atoms with E-state index in [1.165, 1.54) is 6.07 Å². The molecule has 1 atom stereocenters. The summed E-state index contributed by atoms with van der Waals surface area (Å²) in [6.45, 7) is 0.819. The zero-order valence-electron chi connectivity index (χ0n) is 14.3. The predicted octanol–water partition coefficient (Wildman–Crippen LogP) is 3.41. The molecule has 0 bridgehead atoms. The zero-order valence-corrected chi connectivity index (χ0v) is 15.0. The standard InChI is InChI=1S/C19H19ClFN3O2/c1-26-9-8-22-19(25)10-15(14-4-2-3-5-16(14)21)17-11-23-18-7-6-13(20)12-24(17)18/h2-7,11-12,15H,8-10H2,1H3,(H,22,25). The molecule has 0 spiro atoms. The number of amides is 1. The predicted molar refractivity (Wildman–Crippen MR) is 97.9 cm³/mol. The van der Waals surface area contributed by atoms with Gasteiger partial charge in [-0.1, -0.05) is 29.8 Å². The van der Waals surface area contributed by atoms with Gasteiger partial charge in [0.05, 0.1) is 17.3 Å². The lowest BCUT2D eigenvalue weighted by Crippen LogP contribution is -2.28. The number of aromatic nitrogens is 2. The summed E-state index contributed by atoms with van der Waals surface area (Å²) in [7, 11) is 1.57. The number of nitrogens with one attached hydrogen (secondary N) is 1. The molecule has 136 valence electrons. The summed E-state index contributed by atoms with van der Waals surface area (Å²) in [5.74, 6) is -1.04. The van der Waals surface area contributed by atoms with E-state index in [-0.39, 0.29) is 18.1 Å². The molecule has 26 heavy (non-hydrogen) atoms. The topological polar surface area (TPSA) is 55.6 Å². The van der Waals surface area contributed by atoms with E-state index in [0.717, 1.165) is 0 Å². The van der Waals surface area contributed by atoms with E-state index in [0.29, 0.717) is 35.1 Å². The van der Waals surface area contributed by atoms with Gasteiger partial charge in [-0.2, -0.15) is 0 Å². The average Bonchev–Trinajstić information content (AvgIpc) is 3.03. The maximum absolute atomic E-state index is 14.5. The quantitative estimate of drug-likeness (QED) is 0.644. The van der Waals surface area contributed by atoms with Gasteiger partial charge in [-0.25, -0.2) is 9.37 Å². The second kappa shape index (κ2) is 8.29. The first-order valence-corrected chi connectivity index (χ1v) is 8.60. The van der Waals surface area contributed by atoms with Crippen LogP contribution in [0.5, 0.6) is 0 Å². The molecule has 2 heterocycles. The van der Waals surface area contributed by atoms with Crippen molar-refractivity contribution in [3.05, 3.63) is 70.9 Å². The highest BCUT2D eigenvalue weighted by molar-refractivity contribution is 6.30. The van der Waals surface area contributed by atoms with Gasteiger partial charge in [-0.05, 0) is 23.8 Å². The molecule has 1 amide bonds. The maximum Gasteiger partial charge on any atom is 0.221 e. The second-order valence-electron chi connectivity index (χ2n) is 5.88. The van der Waals surface area contributed by atoms with E-state index < -0.39 is 5.92 Å². The van der Waals surface area contributed by atoms with Crippen LogP contribution in [0.25, 0.3) is 5.65 Å². The van der Waals surface area contributed by atoms with E-state index in [1.807, 2.05) is 0 Å². The van der Waals surface area contributed by atoms with E-state index in [9.17, 15) is 9.18 Å². The number of rotatable bonds is 7. The number of pyridine rings is 1. The van der Waals surface area contributed by atoms with Crippen molar-refractivity contribution in [2.24, 2.45) is 0 Å². The van der Waals surface area contributed by atoms with Crippen LogP contribution < -0.4 is 5.32 Å². The first-order chi connectivity index (χ1) is 12.6. The fourth-order valence-electron chi connectivity index (χ4n) is 2.91. The fourth-order valence-corrected chi connectivity index (χ4v) is 3.07. The highest BCUT2D eigenvalue weighted by Gasteiger charge is 2.24. The van der Waals surface area contributed by atoms with Crippen molar-refractivity contribution in [2.75, 3.05) is 20.3 Å². The number of hydrogen-bond acceptors (Lipinski definition) is 3. The number of halogens is 2. The lowest BCUT2D eigenvalue weighted by molar-refractivity contribution is -0.121. The number of fused-ring (bicyclic) bond motifs is 1.